The minimum atomic E-state index is -4.57. The molecule has 0 aliphatic carbocycles. The smallest absolute Gasteiger partial charge is 0.294 e. The number of benzene rings is 1. The third-order valence-electron chi connectivity index (χ3n) is 2.91. The van der Waals surface area contributed by atoms with Gasteiger partial charge in [-0.25, -0.2) is 0 Å². The minimum Gasteiger partial charge on any atom is -0.507 e. The van der Waals surface area contributed by atoms with E-state index in [2.05, 4.69) is 10.6 Å². The molecular formula is C13H18N2O7S. The molecule has 0 saturated carbocycles. The summed E-state index contributed by atoms with van der Waals surface area (Å²) in [5.41, 5.74) is -0.463. The van der Waals surface area contributed by atoms with Crippen molar-refractivity contribution in [3.8, 4) is 5.75 Å². The molecule has 9 nitrogen and oxygen atoms in total. The van der Waals surface area contributed by atoms with Crippen LogP contribution in [0.4, 0.5) is 0 Å². The van der Waals surface area contributed by atoms with Gasteiger partial charge in [0.25, 0.3) is 16.0 Å². The number of phenolic OH excluding ortho intramolecular Hbond substituents is 1. The van der Waals surface area contributed by atoms with Crippen LogP contribution in [-0.4, -0.2) is 53.7 Å². The summed E-state index contributed by atoms with van der Waals surface area (Å²) >= 11 is 0. The van der Waals surface area contributed by atoms with Gasteiger partial charge in [-0.2, -0.15) is 8.42 Å². The number of carbonyl (C=O) groups is 2. The highest BCUT2D eigenvalue weighted by molar-refractivity contribution is 7.85. The average molecular weight is 346 g/mol. The minimum absolute atomic E-state index is 0.279. The lowest BCUT2D eigenvalue weighted by atomic mass is 10.1. The van der Waals surface area contributed by atoms with Gasteiger partial charge in [0, 0.05) is 6.54 Å². The van der Waals surface area contributed by atoms with Crippen LogP contribution in [0.5, 0.6) is 5.75 Å². The third kappa shape index (κ3) is 4.91. The second-order valence-corrected chi connectivity index (χ2v) is 6.16. The zero-order valence-electron chi connectivity index (χ0n) is 12.5. The molecule has 128 valence electrons. The Morgan fingerprint density at radius 3 is 2.39 bits per heavy atom. The lowest BCUT2D eigenvalue weighted by molar-refractivity contribution is -0.125. The molecule has 0 spiro atoms. The van der Waals surface area contributed by atoms with E-state index in [1.165, 1.54) is 6.92 Å². The number of nitrogens with one attached hydrogen (secondary N) is 2. The number of phenols is 1. The van der Waals surface area contributed by atoms with Crippen molar-refractivity contribution in [2.45, 2.75) is 30.9 Å². The van der Waals surface area contributed by atoms with Crippen molar-refractivity contribution in [2.24, 2.45) is 0 Å². The molecule has 1 aromatic carbocycles. The lowest BCUT2D eigenvalue weighted by Gasteiger charge is -2.20. The van der Waals surface area contributed by atoms with Crippen molar-refractivity contribution in [2.75, 3.05) is 6.54 Å². The fourth-order valence-corrected chi connectivity index (χ4v) is 2.27. The van der Waals surface area contributed by atoms with Crippen molar-refractivity contribution in [1.82, 2.24) is 10.6 Å². The number of aliphatic hydroxyl groups excluding tert-OH is 1. The summed E-state index contributed by atoms with van der Waals surface area (Å²) in [6.07, 6.45) is -1.22. The van der Waals surface area contributed by atoms with E-state index < -0.39 is 50.3 Å². The first-order valence-corrected chi connectivity index (χ1v) is 8.09. The summed E-state index contributed by atoms with van der Waals surface area (Å²) in [4.78, 5) is 23.3. The van der Waals surface area contributed by atoms with E-state index in [4.69, 9.17) is 4.55 Å². The van der Waals surface area contributed by atoms with Gasteiger partial charge in [-0.3, -0.25) is 14.1 Å². The van der Waals surface area contributed by atoms with Gasteiger partial charge in [0.15, 0.2) is 0 Å². The number of hydrogen-bond donors (Lipinski definition) is 5. The Hall–Kier alpha value is -2.17. The van der Waals surface area contributed by atoms with E-state index in [0.717, 1.165) is 18.2 Å². The molecule has 1 aromatic rings. The molecule has 2 atom stereocenters. The molecule has 0 fully saturated rings. The number of aliphatic hydroxyl groups is 1. The summed E-state index contributed by atoms with van der Waals surface area (Å²) in [5, 5.41) is 23.9. The van der Waals surface area contributed by atoms with Crippen LogP contribution in [0.25, 0.3) is 0 Å². The Bertz CT molecular complexity index is 700. The molecule has 5 N–H and O–H groups in total. The monoisotopic (exact) mass is 346 g/mol. The number of amides is 2. The van der Waals surface area contributed by atoms with Crippen LogP contribution in [0.3, 0.4) is 0 Å². The highest BCUT2D eigenvalue weighted by Gasteiger charge is 2.27. The van der Waals surface area contributed by atoms with Crippen molar-refractivity contribution < 1.29 is 32.8 Å². The van der Waals surface area contributed by atoms with E-state index >= 15 is 0 Å². The summed E-state index contributed by atoms with van der Waals surface area (Å²) in [6.45, 7) is 3.22. The van der Waals surface area contributed by atoms with Crippen molar-refractivity contribution >= 4 is 21.9 Å². The van der Waals surface area contributed by atoms with Crippen LogP contribution >= 0.6 is 0 Å². The number of rotatable bonds is 6. The summed E-state index contributed by atoms with van der Waals surface area (Å²) in [5.74, 6) is -2.17. The number of hydrogen-bond acceptors (Lipinski definition) is 6. The van der Waals surface area contributed by atoms with Gasteiger partial charge in [-0.15, -0.1) is 0 Å². The molecule has 1 rings (SSSR count). The van der Waals surface area contributed by atoms with Crippen LogP contribution in [0.2, 0.25) is 0 Å². The predicted octanol–water partition coefficient (Wildman–Crippen LogP) is -0.746. The Kier molecular flexibility index (Phi) is 6.07. The first-order valence-electron chi connectivity index (χ1n) is 6.65. The molecule has 0 bridgehead atoms. The Morgan fingerprint density at radius 2 is 1.91 bits per heavy atom. The van der Waals surface area contributed by atoms with E-state index in [-0.39, 0.29) is 6.54 Å². The van der Waals surface area contributed by atoms with E-state index in [9.17, 15) is 28.2 Å². The zero-order chi connectivity index (χ0) is 17.8. The van der Waals surface area contributed by atoms with Gasteiger partial charge < -0.3 is 20.8 Å². The Balaban J connectivity index is 3.11. The van der Waals surface area contributed by atoms with E-state index in [1.807, 2.05) is 0 Å². The highest BCUT2D eigenvalue weighted by Crippen LogP contribution is 2.21. The fraction of sp³-hybridized carbons (Fsp3) is 0.385. The normalized spacial score (nSPS) is 13.9. The lowest BCUT2D eigenvalue weighted by Crippen LogP contribution is -2.52. The Morgan fingerprint density at radius 1 is 1.30 bits per heavy atom. The maximum atomic E-state index is 12.1. The first kappa shape index (κ1) is 18.9. The molecule has 23 heavy (non-hydrogen) atoms. The molecular weight excluding hydrogens is 328 g/mol. The highest BCUT2D eigenvalue weighted by atomic mass is 32.2. The molecule has 0 radical (unpaired) electrons. The fourth-order valence-electron chi connectivity index (χ4n) is 1.77. The summed E-state index contributed by atoms with van der Waals surface area (Å²) in [6, 6.07) is 1.30. The SMILES string of the molecule is CCNC(=O)[C@@H](NC(=O)c1cc(S(=O)(=O)O)ccc1O)[C@@H](C)O. The number of carbonyl (C=O) groups excluding carboxylic acids is 2. The van der Waals surface area contributed by atoms with Gasteiger partial charge >= 0.3 is 0 Å². The van der Waals surface area contributed by atoms with E-state index in [0.29, 0.717) is 0 Å². The molecule has 0 unspecified atom stereocenters. The van der Waals surface area contributed by atoms with Gasteiger partial charge in [0.2, 0.25) is 5.91 Å². The predicted molar refractivity (Wildman–Crippen MR) is 79.5 cm³/mol. The maximum Gasteiger partial charge on any atom is 0.294 e. The van der Waals surface area contributed by atoms with Gasteiger partial charge in [0.05, 0.1) is 16.6 Å². The van der Waals surface area contributed by atoms with E-state index in [1.54, 1.807) is 6.92 Å². The Labute approximate surface area is 133 Å². The molecule has 10 heteroatoms. The number of aromatic hydroxyl groups is 1. The molecule has 0 aromatic heterocycles. The van der Waals surface area contributed by atoms with Crippen LogP contribution < -0.4 is 10.6 Å². The molecule has 0 saturated heterocycles. The quantitative estimate of drug-likeness (QED) is 0.425. The van der Waals surface area contributed by atoms with Gasteiger partial charge in [-0.05, 0) is 32.0 Å². The maximum absolute atomic E-state index is 12.1. The third-order valence-corrected chi connectivity index (χ3v) is 3.76. The van der Waals surface area contributed by atoms with Crippen LogP contribution in [0.1, 0.15) is 24.2 Å². The topological polar surface area (TPSA) is 153 Å². The largest absolute Gasteiger partial charge is 0.507 e. The molecule has 0 heterocycles. The zero-order valence-corrected chi connectivity index (χ0v) is 13.3. The molecule has 2 amide bonds. The van der Waals surface area contributed by atoms with Crippen molar-refractivity contribution in [3.63, 3.8) is 0 Å². The van der Waals surface area contributed by atoms with Crippen LogP contribution in [-0.2, 0) is 14.9 Å². The average Bonchev–Trinajstić information content (AvgIpc) is 2.43. The first-order chi connectivity index (χ1) is 10.6. The molecule has 0 aliphatic heterocycles. The standard InChI is InChI=1S/C13H18N2O7S/c1-3-14-13(19)11(7(2)16)15-12(18)9-6-8(23(20,21)22)4-5-10(9)17/h4-7,11,16-17H,3H2,1-2H3,(H,14,19)(H,15,18)(H,20,21,22)/t7-,11+/m1/s1. The summed E-state index contributed by atoms with van der Waals surface area (Å²) in [7, 11) is -4.57. The second kappa shape index (κ2) is 7.40. The van der Waals surface area contributed by atoms with Crippen molar-refractivity contribution in [1.29, 1.82) is 0 Å². The van der Waals surface area contributed by atoms with Crippen molar-refractivity contribution in [3.05, 3.63) is 23.8 Å². The number of likely N-dealkylation sites (N-methyl/N-ethyl adjacent to an activating group) is 1. The molecule has 0 aliphatic rings. The van der Waals surface area contributed by atoms with Crippen LogP contribution in [0.15, 0.2) is 23.1 Å². The van der Waals surface area contributed by atoms with Gasteiger partial charge in [-0.1, -0.05) is 0 Å². The van der Waals surface area contributed by atoms with Gasteiger partial charge in [0.1, 0.15) is 11.8 Å². The second-order valence-electron chi connectivity index (χ2n) is 4.74. The van der Waals surface area contributed by atoms with Crippen LogP contribution in [0, 0.1) is 0 Å². The summed E-state index contributed by atoms with van der Waals surface area (Å²) < 4.78 is 31.1.